The van der Waals surface area contributed by atoms with E-state index in [0.29, 0.717) is 32.8 Å². The highest BCUT2D eigenvalue weighted by molar-refractivity contribution is 8.26. The molecule has 1 amide bonds. The zero-order chi connectivity index (χ0) is 20.5. The second-order valence-electron chi connectivity index (χ2n) is 7.42. The van der Waals surface area contributed by atoms with E-state index >= 15 is 0 Å². The van der Waals surface area contributed by atoms with Crippen LogP contribution >= 0.6 is 24.0 Å². The molecule has 0 aliphatic carbocycles. The van der Waals surface area contributed by atoms with E-state index in [4.69, 9.17) is 17.2 Å². The van der Waals surface area contributed by atoms with Gasteiger partial charge in [-0.25, -0.2) is 4.98 Å². The van der Waals surface area contributed by atoms with Crippen molar-refractivity contribution in [3.05, 3.63) is 44.7 Å². The summed E-state index contributed by atoms with van der Waals surface area (Å²) >= 11 is 6.68. The summed E-state index contributed by atoms with van der Waals surface area (Å²) in [5, 5.41) is 0. The summed E-state index contributed by atoms with van der Waals surface area (Å²) in [6.45, 7) is 6.39. The van der Waals surface area contributed by atoms with E-state index in [-0.39, 0.29) is 11.5 Å². The van der Waals surface area contributed by atoms with Crippen LogP contribution in [0.5, 0.6) is 0 Å². The van der Waals surface area contributed by atoms with Crippen molar-refractivity contribution in [2.24, 2.45) is 0 Å². The summed E-state index contributed by atoms with van der Waals surface area (Å²) in [7, 11) is 0. The van der Waals surface area contributed by atoms with Crippen molar-refractivity contribution >= 4 is 51.7 Å². The van der Waals surface area contributed by atoms with E-state index in [9.17, 15) is 9.59 Å². The fourth-order valence-electron chi connectivity index (χ4n) is 3.74. The SMILES string of the molecule is CCCCN1C(=O)/C(=C\c2c(N3CCCC3)nc3c(C)cccn3c2=O)SC1=S. The van der Waals surface area contributed by atoms with Gasteiger partial charge in [0.1, 0.15) is 15.8 Å². The van der Waals surface area contributed by atoms with E-state index in [0.717, 1.165) is 44.3 Å². The Balaban J connectivity index is 1.84. The minimum atomic E-state index is -0.153. The zero-order valence-corrected chi connectivity index (χ0v) is 18.3. The third kappa shape index (κ3) is 3.71. The Kier molecular flexibility index (Phi) is 5.74. The van der Waals surface area contributed by atoms with E-state index in [1.807, 2.05) is 19.1 Å². The maximum Gasteiger partial charge on any atom is 0.267 e. The quantitative estimate of drug-likeness (QED) is 0.536. The summed E-state index contributed by atoms with van der Waals surface area (Å²) in [5.41, 5.74) is 1.92. The molecule has 0 aromatic carbocycles. The number of carbonyl (C=O) groups is 1. The lowest BCUT2D eigenvalue weighted by molar-refractivity contribution is -0.122. The number of rotatable bonds is 5. The number of nitrogens with zero attached hydrogens (tertiary/aromatic N) is 4. The van der Waals surface area contributed by atoms with E-state index < -0.39 is 0 Å². The molecule has 2 aromatic rings. The molecule has 152 valence electrons. The van der Waals surface area contributed by atoms with Gasteiger partial charge in [-0.15, -0.1) is 0 Å². The molecule has 0 spiro atoms. The monoisotopic (exact) mass is 428 g/mol. The largest absolute Gasteiger partial charge is 0.356 e. The van der Waals surface area contributed by atoms with Gasteiger partial charge in [0.05, 0.1) is 10.5 Å². The van der Waals surface area contributed by atoms with Gasteiger partial charge < -0.3 is 4.90 Å². The first-order valence-electron chi connectivity index (χ1n) is 10.0. The highest BCUT2D eigenvalue weighted by Gasteiger charge is 2.32. The number of aryl methyl sites for hydroxylation is 1. The lowest BCUT2D eigenvalue weighted by atomic mass is 10.2. The molecule has 4 heterocycles. The molecule has 0 unspecified atom stereocenters. The summed E-state index contributed by atoms with van der Waals surface area (Å²) in [4.78, 5) is 35.4. The van der Waals surface area contributed by atoms with Crippen LogP contribution < -0.4 is 10.5 Å². The molecular weight excluding hydrogens is 404 g/mol. The Morgan fingerprint density at radius 1 is 1.28 bits per heavy atom. The average molecular weight is 429 g/mol. The van der Waals surface area contributed by atoms with Crippen molar-refractivity contribution in [1.29, 1.82) is 0 Å². The summed E-state index contributed by atoms with van der Waals surface area (Å²) in [5.74, 6) is 0.551. The van der Waals surface area contributed by atoms with Gasteiger partial charge in [0.15, 0.2) is 0 Å². The van der Waals surface area contributed by atoms with Crippen molar-refractivity contribution in [3.63, 3.8) is 0 Å². The van der Waals surface area contributed by atoms with Crippen molar-refractivity contribution < 1.29 is 4.79 Å². The number of thioether (sulfide) groups is 1. The van der Waals surface area contributed by atoms with Crippen LogP contribution in [-0.2, 0) is 4.79 Å². The number of unbranched alkanes of at least 4 members (excludes halogenated alkanes) is 1. The van der Waals surface area contributed by atoms with Crippen molar-refractivity contribution in [2.45, 2.75) is 39.5 Å². The standard InChI is InChI=1S/C21H24N4O2S2/c1-3-4-11-25-20(27)16(29-21(25)28)13-15-18(23-9-5-6-10-23)22-17-14(2)8-7-12-24(17)19(15)26/h7-8,12-13H,3-6,9-11H2,1-2H3/b16-13+. The molecule has 0 saturated carbocycles. The molecule has 2 saturated heterocycles. The maximum absolute atomic E-state index is 13.4. The van der Waals surface area contributed by atoms with Crippen molar-refractivity contribution in [1.82, 2.24) is 14.3 Å². The molecule has 0 atom stereocenters. The Labute approximate surface area is 179 Å². The van der Waals surface area contributed by atoms with Crippen LogP contribution in [0, 0.1) is 6.92 Å². The van der Waals surface area contributed by atoms with Crippen molar-refractivity contribution in [2.75, 3.05) is 24.5 Å². The molecule has 8 heteroatoms. The summed E-state index contributed by atoms with van der Waals surface area (Å²) in [6, 6.07) is 3.79. The predicted molar refractivity (Wildman–Crippen MR) is 122 cm³/mol. The lowest BCUT2D eigenvalue weighted by Gasteiger charge is -2.20. The first-order chi connectivity index (χ1) is 14.0. The third-order valence-corrected chi connectivity index (χ3v) is 6.73. The smallest absolute Gasteiger partial charge is 0.267 e. The normalized spacial score (nSPS) is 18.6. The molecule has 29 heavy (non-hydrogen) atoms. The van der Waals surface area contributed by atoms with Crippen LogP contribution in [-0.4, -0.2) is 44.1 Å². The highest BCUT2D eigenvalue weighted by atomic mass is 32.2. The summed E-state index contributed by atoms with van der Waals surface area (Å²) in [6.07, 6.45) is 7.47. The van der Waals surface area contributed by atoms with Gasteiger partial charge in [-0.05, 0) is 43.9 Å². The molecule has 2 aliphatic heterocycles. The fourth-order valence-corrected chi connectivity index (χ4v) is 5.03. The van der Waals surface area contributed by atoms with Crippen LogP contribution in [0.25, 0.3) is 11.7 Å². The third-order valence-electron chi connectivity index (χ3n) is 5.35. The predicted octanol–water partition coefficient (Wildman–Crippen LogP) is 3.60. The topological polar surface area (TPSA) is 57.9 Å². The number of amides is 1. The van der Waals surface area contributed by atoms with E-state index in [2.05, 4.69) is 11.8 Å². The van der Waals surface area contributed by atoms with Crippen molar-refractivity contribution in [3.8, 4) is 0 Å². The van der Waals surface area contributed by atoms with Gasteiger partial charge in [0.2, 0.25) is 0 Å². The molecule has 0 radical (unpaired) electrons. The van der Waals surface area contributed by atoms with Gasteiger partial charge in [-0.3, -0.25) is 18.9 Å². The fraction of sp³-hybridized carbons (Fsp3) is 0.429. The molecule has 0 N–H and O–H groups in total. The number of aromatic nitrogens is 2. The number of anilines is 1. The number of fused-ring (bicyclic) bond motifs is 1. The first-order valence-corrected chi connectivity index (χ1v) is 11.3. The van der Waals surface area contributed by atoms with Crippen LogP contribution in [0.2, 0.25) is 0 Å². The van der Waals surface area contributed by atoms with Gasteiger partial charge in [-0.1, -0.05) is 43.4 Å². The van der Waals surface area contributed by atoms with E-state index in [1.54, 1.807) is 21.6 Å². The number of carbonyl (C=O) groups excluding carboxylic acids is 1. The van der Waals surface area contributed by atoms with Gasteiger partial charge >= 0.3 is 0 Å². The van der Waals surface area contributed by atoms with Crippen LogP contribution in [0.4, 0.5) is 5.82 Å². The average Bonchev–Trinajstić information content (AvgIpc) is 3.32. The molecule has 4 rings (SSSR count). The van der Waals surface area contributed by atoms with Crippen LogP contribution in [0.15, 0.2) is 28.0 Å². The second kappa shape index (κ2) is 8.28. The van der Waals surface area contributed by atoms with Gasteiger partial charge in [0, 0.05) is 25.8 Å². The molecule has 2 fully saturated rings. The first kappa shape index (κ1) is 20.1. The number of thiocarbonyl (C=S) groups is 1. The zero-order valence-electron chi connectivity index (χ0n) is 16.7. The number of hydrogen-bond acceptors (Lipinski definition) is 6. The minimum Gasteiger partial charge on any atom is -0.356 e. The van der Waals surface area contributed by atoms with Crippen LogP contribution in [0.1, 0.15) is 43.7 Å². The van der Waals surface area contributed by atoms with Gasteiger partial charge in [0.25, 0.3) is 11.5 Å². The van der Waals surface area contributed by atoms with Gasteiger partial charge in [-0.2, -0.15) is 0 Å². The van der Waals surface area contributed by atoms with E-state index in [1.165, 1.54) is 11.8 Å². The minimum absolute atomic E-state index is 0.116. The highest BCUT2D eigenvalue weighted by Crippen LogP contribution is 2.34. The molecular formula is C21H24N4O2S2. The Hall–Kier alpha value is -2.19. The second-order valence-corrected chi connectivity index (χ2v) is 9.10. The Bertz CT molecular complexity index is 1070. The molecule has 2 aliphatic rings. The molecule has 2 aromatic heterocycles. The summed E-state index contributed by atoms with van der Waals surface area (Å²) < 4.78 is 2.13. The Morgan fingerprint density at radius 2 is 2.03 bits per heavy atom. The molecule has 6 nitrogen and oxygen atoms in total. The van der Waals surface area contributed by atoms with Crippen LogP contribution in [0.3, 0.4) is 0 Å². The molecule has 0 bridgehead atoms. The number of pyridine rings is 1. The number of hydrogen-bond donors (Lipinski definition) is 0. The maximum atomic E-state index is 13.4. The lowest BCUT2D eigenvalue weighted by Crippen LogP contribution is -2.29. The Morgan fingerprint density at radius 3 is 2.76 bits per heavy atom.